The quantitative estimate of drug-likeness (QED) is 0.0274. The van der Waals surface area contributed by atoms with Gasteiger partial charge in [0.25, 0.3) is 0 Å². The van der Waals surface area contributed by atoms with E-state index in [0.29, 0.717) is 13.0 Å². The molecular formula is C47H84O9. The van der Waals surface area contributed by atoms with E-state index in [0.717, 1.165) is 70.6 Å². The van der Waals surface area contributed by atoms with Crippen molar-refractivity contribution in [1.29, 1.82) is 0 Å². The lowest BCUT2D eigenvalue weighted by Gasteiger charge is -2.39. The number of rotatable bonds is 38. The van der Waals surface area contributed by atoms with Gasteiger partial charge in [0.05, 0.1) is 19.8 Å². The largest absolute Gasteiger partial charge is 0.457 e. The zero-order valence-electron chi connectivity index (χ0n) is 35.6. The summed E-state index contributed by atoms with van der Waals surface area (Å²) >= 11 is 0. The number of hydrogen-bond donors (Lipinski definition) is 4. The zero-order chi connectivity index (χ0) is 40.7. The van der Waals surface area contributed by atoms with Crippen molar-refractivity contribution < 1.29 is 44.2 Å². The van der Waals surface area contributed by atoms with E-state index < -0.39 is 43.4 Å². The summed E-state index contributed by atoms with van der Waals surface area (Å²) in [6.45, 7) is 4.42. The van der Waals surface area contributed by atoms with Gasteiger partial charge in [-0.15, -0.1) is 0 Å². The predicted molar refractivity (Wildman–Crippen MR) is 228 cm³/mol. The molecule has 0 aromatic carbocycles. The molecular weight excluding hydrogens is 709 g/mol. The third-order valence-corrected chi connectivity index (χ3v) is 10.3. The lowest BCUT2D eigenvalue weighted by molar-refractivity contribution is -0.305. The summed E-state index contributed by atoms with van der Waals surface area (Å²) in [4.78, 5) is 12.8. The molecule has 6 unspecified atom stereocenters. The second-order valence-electron chi connectivity index (χ2n) is 15.5. The Hall–Kier alpha value is -1.85. The number of carbonyl (C=O) groups is 1. The third kappa shape index (κ3) is 29.4. The number of aliphatic hydroxyl groups excluding tert-OH is 4. The summed E-state index contributed by atoms with van der Waals surface area (Å²) < 4.78 is 22.8. The van der Waals surface area contributed by atoms with Crippen molar-refractivity contribution in [2.24, 2.45) is 0 Å². The van der Waals surface area contributed by atoms with E-state index in [1.54, 1.807) is 0 Å². The Morgan fingerprint density at radius 1 is 0.589 bits per heavy atom. The third-order valence-electron chi connectivity index (χ3n) is 10.3. The van der Waals surface area contributed by atoms with Crippen molar-refractivity contribution in [2.45, 2.75) is 218 Å². The van der Waals surface area contributed by atoms with Crippen LogP contribution in [-0.4, -0.2) is 89.6 Å². The molecule has 0 bridgehead atoms. The van der Waals surface area contributed by atoms with Crippen LogP contribution in [0.5, 0.6) is 0 Å². The number of aliphatic hydroxyl groups is 4. The lowest BCUT2D eigenvalue weighted by Crippen LogP contribution is -2.59. The molecule has 326 valence electrons. The van der Waals surface area contributed by atoms with Crippen LogP contribution in [0.4, 0.5) is 0 Å². The van der Waals surface area contributed by atoms with Crippen LogP contribution in [0.3, 0.4) is 0 Å². The summed E-state index contributed by atoms with van der Waals surface area (Å²) in [6, 6.07) is 0. The van der Waals surface area contributed by atoms with Crippen molar-refractivity contribution in [3.63, 3.8) is 0 Å². The summed E-state index contributed by atoms with van der Waals surface area (Å²) in [6.07, 6.45) is 39.9. The second kappa shape index (κ2) is 38.7. The first-order valence-corrected chi connectivity index (χ1v) is 22.7. The number of hydrogen-bond acceptors (Lipinski definition) is 9. The fraction of sp³-hybridized carbons (Fsp3) is 0.809. The van der Waals surface area contributed by atoms with Crippen molar-refractivity contribution in [3.05, 3.63) is 48.6 Å². The maximum absolute atomic E-state index is 12.8. The van der Waals surface area contributed by atoms with Gasteiger partial charge in [0, 0.05) is 13.0 Å². The standard InChI is InChI=1S/C47H84O9/c1-3-5-7-9-11-13-15-17-18-19-20-21-22-23-25-27-29-31-33-35-37-53-39-41(40-54-47-46(52)45(51)44(50)42(38-48)56-47)55-43(49)36-34-32-30-28-26-24-16-14-12-10-8-6-4-2/h5,7,11,13,17-18,20-21,41-42,44-48,50-52H,3-4,6,8-10,12,14-16,19,22-40H2,1-2H3/b7-5-,13-11-,18-17-,21-20-. The first kappa shape index (κ1) is 52.2. The number of allylic oxidation sites excluding steroid dienone is 8. The molecule has 1 aliphatic rings. The zero-order valence-corrected chi connectivity index (χ0v) is 35.6. The molecule has 1 rings (SSSR count). The molecule has 0 aromatic rings. The Morgan fingerprint density at radius 2 is 1.09 bits per heavy atom. The SMILES string of the molecule is CC/C=C\C/C=C\C/C=C\C/C=C\CCCCCCCCCOCC(COC1OC(CO)C(O)C(O)C1O)OC(=O)CCCCCCCCCCCCCCC. The molecule has 0 aliphatic carbocycles. The summed E-state index contributed by atoms with van der Waals surface area (Å²) in [7, 11) is 0. The number of esters is 1. The Bertz CT molecular complexity index is 994. The molecule has 4 N–H and O–H groups in total. The van der Waals surface area contributed by atoms with Crippen LogP contribution in [0.25, 0.3) is 0 Å². The monoisotopic (exact) mass is 793 g/mol. The highest BCUT2D eigenvalue weighted by Gasteiger charge is 2.44. The highest BCUT2D eigenvalue weighted by atomic mass is 16.7. The summed E-state index contributed by atoms with van der Waals surface area (Å²) in [5.41, 5.74) is 0. The topological polar surface area (TPSA) is 135 Å². The Labute approximate surface area is 342 Å². The highest BCUT2D eigenvalue weighted by Crippen LogP contribution is 2.22. The van der Waals surface area contributed by atoms with Crippen LogP contribution in [0.15, 0.2) is 48.6 Å². The molecule has 9 heteroatoms. The van der Waals surface area contributed by atoms with Gasteiger partial charge in [0.15, 0.2) is 6.29 Å². The molecule has 1 fully saturated rings. The normalized spacial score (nSPS) is 21.0. The number of unbranched alkanes of at least 4 members (excludes halogenated alkanes) is 19. The highest BCUT2D eigenvalue weighted by molar-refractivity contribution is 5.69. The van der Waals surface area contributed by atoms with Gasteiger partial charge in [-0.1, -0.05) is 172 Å². The summed E-state index contributed by atoms with van der Waals surface area (Å²) in [5.74, 6) is -0.318. The Balaban J connectivity index is 2.25. The molecule has 0 radical (unpaired) electrons. The lowest BCUT2D eigenvalue weighted by atomic mass is 9.99. The van der Waals surface area contributed by atoms with Gasteiger partial charge in [0.2, 0.25) is 0 Å². The molecule has 1 heterocycles. The molecule has 0 aromatic heterocycles. The maximum Gasteiger partial charge on any atom is 0.306 e. The van der Waals surface area contributed by atoms with Gasteiger partial charge in [0.1, 0.15) is 30.5 Å². The molecule has 1 saturated heterocycles. The van der Waals surface area contributed by atoms with Crippen molar-refractivity contribution >= 4 is 5.97 Å². The van der Waals surface area contributed by atoms with Crippen LogP contribution in [0, 0.1) is 0 Å². The van der Waals surface area contributed by atoms with Gasteiger partial charge in [-0.2, -0.15) is 0 Å². The molecule has 0 amide bonds. The number of ether oxygens (including phenoxy) is 4. The predicted octanol–water partition coefficient (Wildman–Crippen LogP) is 10.1. The molecule has 56 heavy (non-hydrogen) atoms. The van der Waals surface area contributed by atoms with Crippen LogP contribution < -0.4 is 0 Å². The first-order valence-electron chi connectivity index (χ1n) is 22.7. The minimum absolute atomic E-state index is 0.117. The van der Waals surface area contributed by atoms with Gasteiger partial charge in [-0.25, -0.2) is 0 Å². The van der Waals surface area contributed by atoms with E-state index in [-0.39, 0.29) is 19.2 Å². The maximum atomic E-state index is 12.8. The molecule has 1 aliphatic heterocycles. The van der Waals surface area contributed by atoms with E-state index in [2.05, 4.69) is 62.5 Å². The van der Waals surface area contributed by atoms with E-state index in [4.69, 9.17) is 18.9 Å². The van der Waals surface area contributed by atoms with Crippen molar-refractivity contribution in [3.8, 4) is 0 Å². The van der Waals surface area contributed by atoms with Crippen LogP contribution in [0.1, 0.15) is 181 Å². The van der Waals surface area contributed by atoms with Gasteiger partial charge >= 0.3 is 5.97 Å². The second-order valence-corrected chi connectivity index (χ2v) is 15.5. The summed E-state index contributed by atoms with van der Waals surface area (Å²) in [5, 5.41) is 40.1. The minimum Gasteiger partial charge on any atom is -0.457 e. The average Bonchev–Trinajstić information content (AvgIpc) is 3.20. The van der Waals surface area contributed by atoms with Crippen LogP contribution in [0.2, 0.25) is 0 Å². The van der Waals surface area contributed by atoms with Crippen molar-refractivity contribution in [1.82, 2.24) is 0 Å². The Morgan fingerprint density at radius 3 is 1.64 bits per heavy atom. The fourth-order valence-electron chi connectivity index (χ4n) is 6.72. The van der Waals surface area contributed by atoms with Crippen molar-refractivity contribution in [2.75, 3.05) is 26.4 Å². The van der Waals surface area contributed by atoms with Gasteiger partial charge in [-0.05, 0) is 51.4 Å². The molecule has 9 nitrogen and oxygen atoms in total. The van der Waals surface area contributed by atoms with E-state index in [1.807, 2.05) is 0 Å². The number of carbonyl (C=O) groups excluding carboxylic acids is 1. The van der Waals surface area contributed by atoms with Crippen LogP contribution in [-0.2, 0) is 23.7 Å². The van der Waals surface area contributed by atoms with E-state index in [1.165, 1.54) is 89.9 Å². The Kier molecular flexibility index (Phi) is 36.0. The van der Waals surface area contributed by atoms with Gasteiger partial charge < -0.3 is 39.4 Å². The van der Waals surface area contributed by atoms with Crippen LogP contribution >= 0.6 is 0 Å². The van der Waals surface area contributed by atoms with E-state index in [9.17, 15) is 25.2 Å². The molecule has 6 atom stereocenters. The van der Waals surface area contributed by atoms with E-state index >= 15 is 0 Å². The molecule has 0 saturated carbocycles. The minimum atomic E-state index is -1.54. The average molecular weight is 793 g/mol. The first-order chi connectivity index (χ1) is 27.4. The van der Waals surface area contributed by atoms with Gasteiger partial charge in [-0.3, -0.25) is 4.79 Å². The molecule has 0 spiro atoms. The smallest absolute Gasteiger partial charge is 0.306 e. The fourth-order valence-corrected chi connectivity index (χ4v) is 6.72.